The maximum atomic E-state index is 4.69. The second-order valence-corrected chi connectivity index (χ2v) is 3.88. The molecule has 1 aliphatic heterocycles. The maximum Gasteiger partial charge on any atom is 0.144 e. The monoisotopic (exact) mass is 272 g/mol. The Balaban J connectivity index is 0.000000124. The van der Waals surface area contributed by atoms with Gasteiger partial charge in [0.2, 0.25) is 0 Å². The summed E-state index contributed by atoms with van der Waals surface area (Å²) in [6.45, 7) is 1.92. The highest BCUT2D eigenvalue weighted by molar-refractivity contribution is 5.77. The minimum absolute atomic E-state index is 0.889. The van der Waals surface area contributed by atoms with E-state index in [1.54, 1.807) is 0 Å². The molecule has 1 N–H and O–H groups in total. The van der Waals surface area contributed by atoms with E-state index in [0.29, 0.717) is 0 Å². The second-order valence-electron chi connectivity index (χ2n) is 3.88. The smallest absolute Gasteiger partial charge is 0.144 e. The van der Waals surface area contributed by atoms with E-state index in [0.717, 1.165) is 18.7 Å². The molecule has 0 unspecified atom stereocenters. The zero-order chi connectivity index (χ0) is 13.9. The van der Waals surface area contributed by atoms with Gasteiger partial charge in [0.15, 0.2) is 0 Å². The topological polar surface area (TPSA) is 73.1 Å². The lowest BCUT2D eigenvalue weighted by Gasteiger charge is -1.91. The molecule has 2 aromatic heterocycles. The first-order chi connectivity index (χ1) is 9.97. The van der Waals surface area contributed by atoms with Crippen LogP contribution in [-0.4, -0.2) is 28.5 Å². The molecule has 1 fully saturated rings. The van der Waals surface area contributed by atoms with Crippen molar-refractivity contribution in [1.82, 2.24) is 20.8 Å². The third-order valence-electron chi connectivity index (χ3n) is 2.42. The molecule has 104 valence electrons. The number of para-hydroxylation sites is 1. The summed E-state index contributed by atoms with van der Waals surface area (Å²) in [4.78, 5) is 8.88. The van der Waals surface area contributed by atoms with Crippen molar-refractivity contribution in [3.05, 3.63) is 55.1 Å². The van der Waals surface area contributed by atoms with Crippen LogP contribution in [0.15, 0.2) is 59.6 Å². The zero-order valence-corrected chi connectivity index (χ0v) is 11.0. The van der Waals surface area contributed by atoms with E-state index in [4.69, 9.17) is 4.84 Å². The maximum absolute atomic E-state index is 4.69. The Morgan fingerprint density at radius 3 is 2.50 bits per heavy atom. The fraction of sp³-hybridized carbons (Fsp3) is 0.214. The Morgan fingerprint density at radius 1 is 1.05 bits per heavy atom. The van der Waals surface area contributed by atoms with E-state index in [9.17, 15) is 0 Å². The Kier molecular flexibility index (Phi) is 6.16. The molecule has 3 aromatic rings. The van der Waals surface area contributed by atoms with Gasteiger partial charge in [-0.3, -0.25) is 4.98 Å². The van der Waals surface area contributed by atoms with Crippen LogP contribution >= 0.6 is 0 Å². The van der Waals surface area contributed by atoms with Crippen LogP contribution in [0.1, 0.15) is 6.42 Å². The minimum Gasteiger partial charge on any atom is -0.346 e. The van der Waals surface area contributed by atoms with Gasteiger partial charge >= 0.3 is 0 Å². The lowest BCUT2D eigenvalue weighted by atomic mass is 10.2. The number of hydroxylamine groups is 1. The van der Waals surface area contributed by atoms with Crippen LogP contribution in [0.2, 0.25) is 0 Å². The van der Waals surface area contributed by atoms with Gasteiger partial charge in [-0.05, 0) is 18.6 Å². The van der Waals surface area contributed by atoms with Crippen LogP contribution in [0.25, 0.3) is 10.9 Å². The van der Waals surface area contributed by atoms with Crippen molar-refractivity contribution >= 4 is 10.9 Å². The predicted molar refractivity (Wildman–Crippen MR) is 74.6 cm³/mol. The lowest BCUT2D eigenvalue weighted by molar-refractivity contribution is 0.103. The van der Waals surface area contributed by atoms with Gasteiger partial charge in [-0.25, -0.2) is 5.48 Å². The molecule has 0 saturated carbocycles. The number of pyridine rings is 1. The van der Waals surface area contributed by atoms with Crippen LogP contribution in [0.4, 0.5) is 0 Å². The van der Waals surface area contributed by atoms with E-state index >= 15 is 0 Å². The molecule has 1 aliphatic rings. The van der Waals surface area contributed by atoms with Gasteiger partial charge in [-0.2, -0.15) is 0 Å². The van der Waals surface area contributed by atoms with Crippen LogP contribution in [0.3, 0.4) is 0 Å². The molecule has 1 aromatic carbocycles. The molecule has 6 nitrogen and oxygen atoms in total. The summed E-state index contributed by atoms with van der Waals surface area (Å²) in [5.41, 5.74) is 3.78. The number of hydrogen-bond donors (Lipinski definition) is 1. The second kappa shape index (κ2) is 8.73. The third-order valence-corrected chi connectivity index (χ3v) is 2.42. The van der Waals surface area contributed by atoms with Crippen molar-refractivity contribution in [3.63, 3.8) is 0 Å². The number of hydrogen-bond acceptors (Lipinski definition) is 6. The molecule has 0 atom stereocenters. The largest absolute Gasteiger partial charge is 0.346 e. The van der Waals surface area contributed by atoms with Gasteiger partial charge < -0.3 is 9.36 Å². The highest BCUT2D eigenvalue weighted by Crippen LogP contribution is 2.07. The summed E-state index contributed by atoms with van der Waals surface area (Å²) < 4.78 is 4.22. The van der Waals surface area contributed by atoms with Crippen molar-refractivity contribution in [1.29, 1.82) is 0 Å². The van der Waals surface area contributed by atoms with Crippen LogP contribution in [-0.2, 0) is 4.84 Å². The Hall–Kier alpha value is -2.31. The molecular weight excluding hydrogens is 256 g/mol. The average molecular weight is 272 g/mol. The van der Waals surface area contributed by atoms with Crippen LogP contribution in [0, 0.1) is 0 Å². The van der Waals surface area contributed by atoms with E-state index < -0.39 is 0 Å². The molecule has 0 bridgehead atoms. The van der Waals surface area contributed by atoms with E-state index in [-0.39, 0.29) is 0 Å². The number of nitrogens with one attached hydrogen (secondary N) is 1. The van der Waals surface area contributed by atoms with E-state index in [1.165, 1.54) is 24.3 Å². The number of nitrogens with zero attached hydrogens (tertiary/aromatic N) is 3. The van der Waals surface area contributed by atoms with Gasteiger partial charge in [0.25, 0.3) is 0 Å². The highest BCUT2D eigenvalue weighted by Gasteiger charge is 1.93. The quantitative estimate of drug-likeness (QED) is 0.676. The van der Waals surface area contributed by atoms with Crippen molar-refractivity contribution in [2.24, 2.45) is 0 Å². The first kappa shape index (κ1) is 14.1. The van der Waals surface area contributed by atoms with E-state index in [2.05, 4.69) is 37.5 Å². The Morgan fingerprint density at radius 2 is 1.95 bits per heavy atom. The fourth-order valence-corrected chi connectivity index (χ4v) is 1.51. The van der Waals surface area contributed by atoms with Gasteiger partial charge in [0.05, 0.1) is 18.3 Å². The number of rotatable bonds is 0. The molecule has 3 heterocycles. The molecule has 0 spiro atoms. The summed E-state index contributed by atoms with van der Waals surface area (Å²) in [6.07, 6.45) is 5.85. The molecule has 0 radical (unpaired) electrons. The lowest BCUT2D eigenvalue weighted by Crippen LogP contribution is -2.01. The summed E-state index contributed by atoms with van der Waals surface area (Å²) >= 11 is 0. The number of fused-ring (bicyclic) bond motifs is 1. The molecule has 6 heteroatoms. The van der Waals surface area contributed by atoms with Crippen LogP contribution in [0.5, 0.6) is 0 Å². The average Bonchev–Trinajstić information content (AvgIpc) is 3.25. The predicted octanol–water partition coefficient (Wildman–Crippen LogP) is 2.22. The standard InChI is InChI=1S/C9H7N.C3H7NO.C2H2N2O/c1-2-6-9-8(4-1)5-3-7-10-9;1-2-4-5-3-1;1-2-5-4-3-1/h1-7H;4H,1-3H2;1-2H. The summed E-state index contributed by atoms with van der Waals surface area (Å²) in [6, 6.07) is 12.1. The third kappa shape index (κ3) is 5.13. The van der Waals surface area contributed by atoms with Gasteiger partial charge in [-0.15, -0.1) is 5.10 Å². The van der Waals surface area contributed by atoms with Crippen molar-refractivity contribution in [2.75, 3.05) is 13.2 Å². The Labute approximate surface area is 116 Å². The SMILES string of the molecule is C1CNOC1.c1ccc2ncccc2c1.c1conn1. The zero-order valence-electron chi connectivity index (χ0n) is 11.0. The fourth-order valence-electron chi connectivity index (χ4n) is 1.51. The highest BCUT2D eigenvalue weighted by atomic mass is 16.6. The Bertz CT molecular complexity index is 492. The molecule has 20 heavy (non-hydrogen) atoms. The molecule has 0 amide bonds. The van der Waals surface area contributed by atoms with Crippen molar-refractivity contribution in [3.8, 4) is 0 Å². The number of benzene rings is 1. The van der Waals surface area contributed by atoms with E-state index in [1.807, 2.05) is 30.5 Å². The van der Waals surface area contributed by atoms with Gasteiger partial charge in [0, 0.05) is 23.4 Å². The first-order valence-electron chi connectivity index (χ1n) is 6.32. The molecule has 4 rings (SSSR count). The first-order valence-corrected chi connectivity index (χ1v) is 6.32. The molecule has 0 aliphatic carbocycles. The normalized spacial score (nSPS) is 13.0. The summed E-state index contributed by atoms with van der Waals surface area (Å²) in [5.74, 6) is 0. The molecule has 1 saturated heterocycles. The minimum atomic E-state index is 0.889. The van der Waals surface area contributed by atoms with Crippen LogP contribution < -0.4 is 5.48 Å². The van der Waals surface area contributed by atoms with Crippen molar-refractivity contribution < 1.29 is 9.36 Å². The van der Waals surface area contributed by atoms with Gasteiger partial charge in [-0.1, -0.05) is 24.3 Å². The number of aromatic nitrogens is 3. The summed E-state index contributed by atoms with van der Waals surface area (Å²) in [7, 11) is 0. The summed E-state index contributed by atoms with van der Waals surface area (Å²) in [5, 5.41) is 7.60. The van der Waals surface area contributed by atoms with Gasteiger partial charge in [0.1, 0.15) is 6.26 Å². The molecular formula is C14H16N4O2. The van der Waals surface area contributed by atoms with Crippen molar-refractivity contribution in [2.45, 2.75) is 6.42 Å².